The fourth-order valence-corrected chi connectivity index (χ4v) is 4.50. The molecule has 2 aliphatic rings. The van der Waals surface area contributed by atoms with E-state index in [0.717, 1.165) is 31.4 Å². The quantitative estimate of drug-likeness (QED) is 0.711. The predicted molar refractivity (Wildman–Crippen MR) is 113 cm³/mol. The Hall–Kier alpha value is -1.58. The van der Waals surface area contributed by atoms with Crippen LogP contribution >= 0.6 is 0 Å². The van der Waals surface area contributed by atoms with Gasteiger partial charge in [-0.2, -0.15) is 0 Å². The summed E-state index contributed by atoms with van der Waals surface area (Å²) in [5.41, 5.74) is 1.29. The van der Waals surface area contributed by atoms with Gasteiger partial charge in [0.2, 0.25) is 0 Å². The van der Waals surface area contributed by atoms with E-state index >= 15 is 0 Å². The third-order valence-corrected chi connectivity index (χ3v) is 6.29. The largest absolute Gasteiger partial charge is 0.387 e. The highest BCUT2D eigenvalue weighted by atomic mass is 16.5. The average molecular weight is 370 g/mol. The highest BCUT2D eigenvalue weighted by Crippen LogP contribution is 2.44. The Morgan fingerprint density at radius 3 is 2.74 bits per heavy atom. The first kappa shape index (κ1) is 20.2. The van der Waals surface area contributed by atoms with Gasteiger partial charge in [0.1, 0.15) is 0 Å². The van der Waals surface area contributed by atoms with Gasteiger partial charge in [0.05, 0.1) is 23.3 Å². The van der Waals surface area contributed by atoms with Crippen molar-refractivity contribution in [3.8, 4) is 0 Å². The molecule has 2 bridgehead atoms. The van der Waals surface area contributed by atoms with Crippen molar-refractivity contribution in [2.45, 2.75) is 83.1 Å². The maximum Gasteiger partial charge on any atom is 0.0914 e. The van der Waals surface area contributed by atoms with Gasteiger partial charge in [-0.1, -0.05) is 50.3 Å². The molecule has 2 aliphatic heterocycles. The molecule has 1 unspecified atom stereocenters. The van der Waals surface area contributed by atoms with E-state index < -0.39 is 5.60 Å². The van der Waals surface area contributed by atoms with Crippen LogP contribution in [0.25, 0.3) is 0 Å². The molecule has 1 saturated heterocycles. The van der Waals surface area contributed by atoms with E-state index in [2.05, 4.69) is 69.1 Å². The molecule has 3 heteroatoms. The first-order valence-electron chi connectivity index (χ1n) is 10.2. The first-order chi connectivity index (χ1) is 12.7. The summed E-state index contributed by atoms with van der Waals surface area (Å²) >= 11 is 0. The molecule has 1 aromatic rings. The molecule has 4 atom stereocenters. The van der Waals surface area contributed by atoms with Gasteiger partial charge in [0.25, 0.3) is 0 Å². The fraction of sp³-hybridized carbons (Fsp3) is 0.583. The molecule has 0 amide bonds. The monoisotopic (exact) mass is 369 g/mol. The average Bonchev–Trinajstić information content (AvgIpc) is 2.99. The smallest absolute Gasteiger partial charge is 0.0914 e. The molecule has 0 aromatic heterocycles. The van der Waals surface area contributed by atoms with Gasteiger partial charge in [-0.3, -0.25) is 0 Å². The summed E-state index contributed by atoms with van der Waals surface area (Å²) < 4.78 is 6.55. The second-order valence-corrected chi connectivity index (χ2v) is 9.46. The Balaban J connectivity index is 1.95. The minimum Gasteiger partial charge on any atom is -0.387 e. The molecule has 27 heavy (non-hydrogen) atoms. The lowest BCUT2D eigenvalue weighted by molar-refractivity contribution is -0.130. The van der Waals surface area contributed by atoms with Crippen molar-refractivity contribution in [1.82, 2.24) is 0 Å². The van der Waals surface area contributed by atoms with Crippen molar-refractivity contribution in [3.05, 3.63) is 54.6 Å². The molecular weight excluding hydrogens is 334 g/mol. The van der Waals surface area contributed by atoms with E-state index in [9.17, 15) is 5.11 Å². The van der Waals surface area contributed by atoms with E-state index in [-0.39, 0.29) is 23.2 Å². The minimum atomic E-state index is -0.826. The number of hydrogen-bond acceptors (Lipinski definition) is 3. The van der Waals surface area contributed by atoms with Gasteiger partial charge < -0.3 is 15.2 Å². The number of ether oxygens (including phenoxy) is 1. The lowest BCUT2D eigenvalue weighted by Crippen LogP contribution is -2.49. The molecule has 3 rings (SSSR count). The molecule has 2 N–H and O–H groups in total. The number of nitrogens with one attached hydrogen (secondary N) is 1. The number of anilines is 1. The van der Waals surface area contributed by atoms with Crippen molar-refractivity contribution in [2.24, 2.45) is 5.41 Å². The number of fused-ring (bicyclic) bond motifs is 2. The summed E-state index contributed by atoms with van der Waals surface area (Å²) in [6.07, 6.45) is 10.5. The second-order valence-electron chi connectivity index (χ2n) is 9.46. The normalized spacial score (nSPS) is 36.8. The molecule has 3 nitrogen and oxygen atoms in total. The standard InChI is InChI=1S/C24H35NO2/c1-6-10-18-11-7-8-12-19(18)25-20-17-22(2,3)14-9-15-23(4,26)21-13-16-24(20,5)27-21/h6-9,11-12,14,20-21,25-26H,1,10,13,15-17H2,2-5H3/b14-9+/t20-,21?,23+,24-/m0/s1. The van der Waals surface area contributed by atoms with Crippen LogP contribution in [-0.2, 0) is 11.2 Å². The van der Waals surface area contributed by atoms with Crippen LogP contribution in [0.15, 0.2) is 49.1 Å². The number of hydrogen-bond donors (Lipinski definition) is 2. The number of aliphatic hydroxyl groups is 1. The summed E-state index contributed by atoms with van der Waals surface area (Å²) in [6, 6.07) is 8.60. The fourth-order valence-electron chi connectivity index (χ4n) is 4.50. The van der Waals surface area contributed by atoms with Crippen LogP contribution in [0.4, 0.5) is 5.69 Å². The third-order valence-electron chi connectivity index (χ3n) is 6.29. The summed E-state index contributed by atoms with van der Waals surface area (Å²) in [5.74, 6) is 0. The zero-order valence-corrected chi connectivity index (χ0v) is 17.3. The maximum absolute atomic E-state index is 10.9. The van der Waals surface area contributed by atoms with Crippen LogP contribution < -0.4 is 5.32 Å². The van der Waals surface area contributed by atoms with Gasteiger partial charge in [-0.25, -0.2) is 0 Å². The number of rotatable bonds is 4. The van der Waals surface area contributed by atoms with Crippen LogP contribution in [0.5, 0.6) is 0 Å². The van der Waals surface area contributed by atoms with Crippen LogP contribution in [0.2, 0.25) is 0 Å². The van der Waals surface area contributed by atoms with Gasteiger partial charge in [-0.15, -0.1) is 6.58 Å². The molecule has 1 aromatic carbocycles. The Labute approximate surface area is 164 Å². The lowest BCUT2D eigenvalue weighted by Gasteiger charge is -2.42. The Morgan fingerprint density at radius 1 is 1.26 bits per heavy atom. The van der Waals surface area contributed by atoms with Crippen LogP contribution in [0.3, 0.4) is 0 Å². The zero-order chi connectivity index (χ0) is 19.7. The maximum atomic E-state index is 10.9. The van der Waals surface area contributed by atoms with Gasteiger partial charge >= 0.3 is 0 Å². The van der Waals surface area contributed by atoms with Gasteiger partial charge in [0, 0.05) is 5.69 Å². The molecule has 148 valence electrons. The Bertz CT molecular complexity index is 706. The lowest BCUT2D eigenvalue weighted by atomic mass is 9.78. The topological polar surface area (TPSA) is 41.5 Å². The van der Waals surface area contributed by atoms with E-state index in [1.807, 2.05) is 13.0 Å². The highest BCUT2D eigenvalue weighted by molar-refractivity contribution is 5.53. The summed E-state index contributed by atoms with van der Waals surface area (Å²) in [4.78, 5) is 0. The van der Waals surface area contributed by atoms with E-state index in [1.165, 1.54) is 5.56 Å². The second kappa shape index (κ2) is 7.44. The summed E-state index contributed by atoms with van der Waals surface area (Å²) in [7, 11) is 0. The van der Waals surface area contributed by atoms with Gasteiger partial charge in [-0.05, 0) is 63.0 Å². The third kappa shape index (κ3) is 4.47. The van der Waals surface area contributed by atoms with E-state index in [1.54, 1.807) is 0 Å². The summed E-state index contributed by atoms with van der Waals surface area (Å²) in [6.45, 7) is 12.5. The number of para-hydroxylation sites is 1. The molecule has 0 saturated carbocycles. The van der Waals surface area contributed by atoms with Crippen molar-refractivity contribution >= 4 is 5.69 Å². The zero-order valence-electron chi connectivity index (χ0n) is 17.3. The Morgan fingerprint density at radius 2 is 2.00 bits per heavy atom. The summed E-state index contributed by atoms with van der Waals surface area (Å²) in [5, 5.41) is 14.8. The van der Waals surface area contributed by atoms with E-state index in [4.69, 9.17) is 4.74 Å². The number of benzene rings is 1. The molecular formula is C24H35NO2. The number of allylic oxidation sites excluding steroid dienone is 2. The van der Waals surface area contributed by atoms with Crippen molar-refractivity contribution < 1.29 is 9.84 Å². The van der Waals surface area contributed by atoms with Crippen molar-refractivity contribution in [3.63, 3.8) is 0 Å². The molecule has 0 aliphatic carbocycles. The molecule has 0 spiro atoms. The first-order valence-corrected chi connectivity index (χ1v) is 10.2. The Kier molecular flexibility index (Phi) is 5.56. The van der Waals surface area contributed by atoms with Crippen LogP contribution in [0, 0.1) is 5.41 Å². The minimum absolute atomic E-state index is 0.0168. The molecule has 2 heterocycles. The van der Waals surface area contributed by atoms with Crippen LogP contribution in [-0.4, -0.2) is 28.5 Å². The van der Waals surface area contributed by atoms with Crippen LogP contribution in [0.1, 0.15) is 58.9 Å². The molecule has 1 fully saturated rings. The van der Waals surface area contributed by atoms with Crippen molar-refractivity contribution in [1.29, 1.82) is 0 Å². The van der Waals surface area contributed by atoms with E-state index in [0.29, 0.717) is 6.42 Å². The predicted octanol–water partition coefficient (Wildman–Crippen LogP) is 5.26. The van der Waals surface area contributed by atoms with Gasteiger partial charge in [0.15, 0.2) is 0 Å². The highest BCUT2D eigenvalue weighted by Gasteiger charge is 2.49. The molecule has 0 radical (unpaired) electrons. The SMILES string of the molecule is C=CCc1ccccc1N[C@H]1CC(C)(C)/C=C/C[C@@](C)(O)C2CC[C@]1(C)O2. The van der Waals surface area contributed by atoms with Crippen molar-refractivity contribution in [2.75, 3.05) is 5.32 Å².